The van der Waals surface area contributed by atoms with Crippen LogP contribution in [0.2, 0.25) is 0 Å². The van der Waals surface area contributed by atoms with Gasteiger partial charge in [0.1, 0.15) is 12.2 Å². The average Bonchev–Trinajstić information content (AvgIpc) is 3.04. The quantitative estimate of drug-likeness (QED) is 0.202. The number of hydrogen-bond donors (Lipinski definition) is 2. The number of carbonyl (C=O) groups excluding carboxylic acids is 2. The normalized spacial score (nSPS) is 37.8. The lowest BCUT2D eigenvalue weighted by Gasteiger charge is -2.61. The molecule has 0 aromatic carbocycles. The molecule has 6 nitrogen and oxygen atoms in total. The zero-order chi connectivity index (χ0) is 29.0. The molecule has 0 heterocycles. The maximum Gasteiger partial charge on any atom is 0.317 e. The number of carbonyl (C=O) groups is 3. The second kappa shape index (κ2) is 10.5. The van der Waals surface area contributed by atoms with E-state index in [4.69, 9.17) is 9.84 Å². The van der Waals surface area contributed by atoms with Gasteiger partial charge in [0.2, 0.25) is 0 Å². The molecule has 4 aliphatic carbocycles. The molecule has 2 N–H and O–H groups in total. The van der Waals surface area contributed by atoms with Crippen molar-refractivity contribution in [1.82, 2.24) is 0 Å². The van der Waals surface area contributed by atoms with Crippen molar-refractivity contribution in [2.24, 2.45) is 39.4 Å². The predicted octanol–water partition coefficient (Wildman–Crippen LogP) is 6.66. The first-order valence-corrected chi connectivity index (χ1v) is 15.0. The first-order chi connectivity index (χ1) is 18.1. The summed E-state index contributed by atoms with van der Waals surface area (Å²) in [5.74, 6) is -0.961. The van der Waals surface area contributed by atoms with Crippen LogP contribution in [0.5, 0.6) is 0 Å². The van der Waals surface area contributed by atoms with Gasteiger partial charge in [-0.1, -0.05) is 57.4 Å². The first-order valence-electron chi connectivity index (χ1n) is 15.0. The molecule has 4 aliphatic rings. The number of Topliss-reactive ketones (excluding diaryl/α,β-unsaturated/α-hetero) is 1. The number of aliphatic hydroxyl groups excluding tert-OH is 1. The molecular weight excluding hydrogens is 492 g/mol. The molecule has 4 rings (SSSR count). The van der Waals surface area contributed by atoms with Crippen LogP contribution in [0, 0.1) is 39.4 Å². The fraction of sp³-hybridized carbons (Fsp3) is 0.788. The van der Waals surface area contributed by atoms with Crippen molar-refractivity contribution < 1.29 is 29.3 Å². The Balaban J connectivity index is 1.68. The molecule has 0 saturated heterocycles. The van der Waals surface area contributed by atoms with Gasteiger partial charge in [-0.05, 0) is 93.8 Å². The van der Waals surface area contributed by atoms with Crippen LogP contribution in [0.3, 0.4) is 0 Å². The van der Waals surface area contributed by atoms with Crippen molar-refractivity contribution in [3.63, 3.8) is 0 Å². The number of esters is 1. The third-order valence-corrected chi connectivity index (χ3v) is 12.0. The Morgan fingerprint density at radius 2 is 1.74 bits per heavy atom. The summed E-state index contributed by atoms with van der Waals surface area (Å²) in [6, 6.07) is 0. The number of carboxylic acids is 1. The van der Waals surface area contributed by atoms with Crippen LogP contribution >= 0.6 is 0 Å². The number of allylic oxidation sites excluding steroid dienone is 3. The molecule has 2 fully saturated rings. The van der Waals surface area contributed by atoms with Gasteiger partial charge in [0, 0.05) is 17.3 Å². The Labute approximate surface area is 234 Å². The van der Waals surface area contributed by atoms with Crippen molar-refractivity contribution in [2.45, 2.75) is 119 Å². The molecule has 0 spiro atoms. The highest BCUT2D eigenvalue weighted by Crippen LogP contribution is 2.72. The number of ether oxygens (including phenoxy) is 1. The van der Waals surface area contributed by atoms with Gasteiger partial charge in [0.15, 0.2) is 0 Å². The number of aliphatic hydroxyl groups is 1. The van der Waals surface area contributed by atoms with Crippen molar-refractivity contribution in [1.29, 1.82) is 0 Å². The Hall–Kier alpha value is -1.95. The van der Waals surface area contributed by atoms with Gasteiger partial charge in [-0.25, -0.2) is 0 Å². The molecule has 0 radical (unpaired) electrons. The second-order valence-electron chi connectivity index (χ2n) is 14.5. The van der Waals surface area contributed by atoms with Crippen LogP contribution in [0.15, 0.2) is 22.8 Å². The molecule has 0 aromatic rings. The van der Waals surface area contributed by atoms with Gasteiger partial charge in [0.25, 0.3) is 0 Å². The molecule has 39 heavy (non-hydrogen) atoms. The van der Waals surface area contributed by atoms with Crippen LogP contribution in [0.25, 0.3) is 0 Å². The van der Waals surface area contributed by atoms with Crippen molar-refractivity contribution >= 4 is 17.7 Å². The SMILES string of the molecule is CC(C)=CCC[C@@H](COC(=O)CC(=O)O)[C@H]1C[C@H](O)[C@@]2(C)C3=C(CC[C@]12C)[C@@]1(C)CCC(=O)C(C)(C)[C@@H]1CC3. The number of carboxylic acid groups (broad SMARTS) is 1. The summed E-state index contributed by atoms with van der Waals surface area (Å²) < 4.78 is 5.54. The van der Waals surface area contributed by atoms with Gasteiger partial charge in [-0.3, -0.25) is 14.4 Å². The largest absolute Gasteiger partial charge is 0.481 e. The minimum Gasteiger partial charge on any atom is -0.481 e. The topological polar surface area (TPSA) is 101 Å². The zero-order valence-corrected chi connectivity index (χ0v) is 25.2. The van der Waals surface area contributed by atoms with Gasteiger partial charge >= 0.3 is 11.9 Å². The van der Waals surface area contributed by atoms with Crippen molar-refractivity contribution in [3.8, 4) is 0 Å². The zero-order valence-electron chi connectivity index (χ0n) is 25.2. The summed E-state index contributed by atoms with van der Waals surface area (Å²) in [5, 5.41) is 20.9. The van der Waals surface area contributed by atoms with E-state index in [2.05, 4.69) is 54.5 Å². The molecule has 2 saturated carbocycles. The highest BCUT2D eigenvalue weighted by atomic mass is 16.5. The Bertz CT molecular complexity index is 1080. The van der Waals surface area contributed by atoms with E-state index in [1.807, 2.05) is 0 Å². The number of fused-ring (bicyclic) bond motifs is 4. The Morgan fingerprint density at radius 3 is 2.38 bits per heavy atom. The van der Waals surface area contributed by atoms with E-state index in [1.54, 1.807) is 0 Å². The first kappa shape index (κ1) is 30.0. The van der Waals surface area contributed by atoms with E-state index >= 15 is 0 Å². The monoisotopic (exact) mass is 542 g/mol. The maximum absolute atomic E-state index is 12.9. The molecule has 0 amide bonds. The average molecular weight is 543 g/mol. The van der Waals surface area contributed by atoms with E-state index in [0.717, 1.165) is 44.9 Å². The number of aliphatic carboxylic acids is 1. The van der Waals surface area contributed by atoms with Crippen LogP contribution in [0.1, 0.15) is 113 Å². The molecule has 218 valence electrons. The van der Waals surface area contributed by atoms with Crippen LogP contribution in [-0.4, -0.2) is 40.6 Å². The van der Waals surface area contributed by atoms with Gasteiger partial charge in [0.05, 0.1) is 12.7 Å². The third kappa shape index (κ3) is 4.83. The van der Waals surface area contributed by atoms with Crippen LogP contribution in [-0.2, 0) is 19.1 Å². The molecule has 0 unspecified atom stereocenters. The van der Waals surface area contributed by atoms with Gasteiger partial charge < -0.3 is 14.9 Å². The fourth-order valence-electron chi connectivity index (χ4n) is 9.65. The van der Waals surface area contributed by atoms with E-state index in [9.17, 15) is 19.5 Å². The summed E-state index contributed by atoms with van der Waals surface area (Å²) in [6.45, 7) is 15.6. The molecule has 0 aliphatic heterocycles. The molecule has 6 heteroatoms. The third-order valence-electron chi connectivity index (χ3n) is 12.0. The summed E-state index contributed by atoms with van der Waals surface area (Å²) >= 11 is 0. The standard InChI is InChI=1S/C33H50O6/c1-20(2)9-8-10-21(19-39-29(38)18-28(36)37)24-17-27(35)33(7)23-11-12-25-30(3,4)26(34)14-15-31(25,5)22(23)13-16-32(24,33)6/h9,21,24-25,27,35H,8,10-19H2,1-7H3,(H,36,37)/t21-,24+,25-,27-,31+,32+,33+/m0/s1. The highest BCUT2D eigenvalue weighted by molar-refractivity contribution is 5.90. The van der Waals surface area contributed by atoms with Crippen molar-refractivity contribution in [2.75, 3.05) is 6.61 Å². The molecular formula is C33H50O6. The van der Waals surface area contributed by atoms with Gasteiger partial charge in [-0.2, -0.15) is 0 Å². The lowest BCUT2D eigenvalue weighted by atomic mass is 9.43. The molecule has 7 atom stereocenters. The lowest BCUT2D eigenvalue weighted by molar-refractivity contribution is -0.153. The van der Waals surface area contributed by atoms with E-state index < -0.39 is 24.5 Å². The minimum absolute atomic E-state index is 0.0116. The summed E-state index contributed by atoms with van der Waals surface area (Å²) in [5.41, 5.74) is 3.32. The summed E-state index contributed by atoms with van der Waals surface area (Å²) in [4.78, 5) is 36.1. The Morgan fingerprint density at radius 1 is 1.05 bits per heavy atom. The summed E-state index contributed by atoms with van der Waals surface area (Å²) in [7, 11) is 0. The number of rotatable bonds is 8. The van der Waals surface area contributed by atoms with Crippen LogP contribution < -0.4 is 0 Å². The molecule has 0 aromatic heterocycles. The molecule has 0 bridgehead atoms. The van der Waals surface area contributed by atoms with Crippen molar-refractivity contribution in [3.05, 3.63) is 22.8 Å². The Kier molecular flexibility index (Phi) is 8.06. The predicted molar refractivity (Wildman–Crippen MR) is 151 cm³/mol. The second-order valence-corrected chi connectivity index (χ2v) is 14.5. The van der Waals surface area contributed by atoms with E-state index in [1.165, 1.54) is 16.7 Å². The highest BCUT2D eigenvalue weighted by Gasteiger charge is 2.66. The minimum atomic E-state index is -1.18. The number of hydrogen-bond acceptors (Lipinski definition) is 5. The maximum atomic E-state index is 12.9. The lowest BCUT2D eigenvalue weighted by Crippen LogP contribution is -2.55. The number of ketones is 1. The van der Waals surface area contributed by atoms with Crippen LogP contribution in [0.4, 0.5) is 0 Å². The van der Waals surface area contributed by atoms with E-state index in [-0.39, 0.29) is 40.1 Å². The smallest absolute Gasteiger partial charge is 0.317 e. The summed E-state index contributed by atoms with van der Waals surface area (Å²) in [6.07, 6.45) is 8.82. The fourth-order valence-corrected chi connectivity index (χ4v) is 9.65. The van der Waals surface area contributed by atoms with E-state index in [0.29, 0.717) is 24.5 Å². The van der Waals surface area contributed by atoms with Gasteiger partial charge in [-0.15, -0.1) is 0 Å².